The maximum atomic E-state index is 12.9. The van der Waals surface area contributed by atoms with Crippen LogP contribution in [0, 0.1) is 5.82 Å². The van der Waals surface area contributed by atoms with Gasteiger partial charge in [-0.3, -0.25) is 0 Å². The molecular weight excluding hydrogens is 181 g/mol. The van der Waals surface area contributed by atoms with E-state index < -0.39 is 0 Å². The van der Waals surface area contributed by atoms with Gasteiger partial charge in [0.25, 0.3) is 0 Å². The molecule has 2 rings (SSSR count). The lowest BCUT2D eigenvalue weighted by Gasteiger charge is -2.08. The van der Waals surface area contributed by atoms with Gasteiger partial charge in [-0.25, -0.2) is 4.39 Å². The summed E-state index contributed by atoms with van der Waals surface area (Å²) in [7, 11) is 0. The summed E-state index contributed by atoms with van der Waals surface area (Å²) in [4.78, 5) is 0. The molecule has 1 aromatic rings. The number of hydrogen-bond acceptors (Lipinski definition) is 2. The van der Waals surface area contributed by atoms with Gasteiger partial charge in [0.05, 0.1) is 6.61 Å². The Morgan fingerprint density at radius 3 is 3.00 bits per heavy atom. The Morgan fingerprint density at radius 1 is 1.50 bits per heavy atom. The van der Waals surface area contributed by atoms with Crippen molar-refractivity contribution in [1.82, 2.24) is 5.32 Å². The highest BCUT2D eigenvalue weighted by Crippen LogP contribution is 2.25. The van der Waals surface area contributed by atoms with E-state index in [1.54, 1.807) is 12.1 Å². The third-order valence-electron chi connectivity index (χ3n) is 2.76. The van der Waals surface area contributed by atoms with E-state index in [9.17, 15) is 4.39 Å². The zero-order valence-electron chi connectivity index (χ0n) is 7.91. The molecule has 2 atom stereocenters. The van der Waals surface area contributed by atoms with E-state index in [0.717, 1.165) is 18.5 Å². The van der Waals surface area contributed by atoms with Crippen LogP contribution >= 0.6 is 0 Å². The molecule has 1 fully saturated rings. The lowest BCUT2D eigenvalue weighted by Crippen LogP contribution is -2.24. The molecule has 3 heteroatoms. The van der Waals surface area contributed by atoms with Gasteiger partial charge in [-0.2, -0.15) is 0 Å². The highest BCUT2D eigenvalue weighted by molar-refractivity contribution is 5.22. The lowest BCUT2D eigenvalue weighted by molar-refractivity contribution is 0.254. The minimum Gasteiger partial charge on any atom is -0.395 e. The fraction of sp³-hybridized carbons (Fsp3) is 0.455. The Hall–Kier alpha value is -0.930. The second-order valence-electron chi connectivity index (χ2n) is 3.78. The smallest absolute Gasteiger partial charge is 0.123 e. The van der Waals surface area contributed by atoms with E-state index in [-0.39, 0.29) is 18.5 Å². The summed E-state index contributed by atoms with van der Waals surface area (Å²) < 4.78 is 12.9. The van der Waals surface area contributed by atoms with Crippen molar-refractivity contribution in [3.8, 4) is 0 Å². The number of benzene rings is 1. The first kappa shape index (κ1) is 9.62. The Labute approximate surface area is 82.8 Å². The van der Waals surface area contributed by atoms with Crippen molar-refractivity contribution < 1.29 is 9.50 Å². The van der Waals surface area contributed by atoms with Crippen molar-refractivity contribution in [2.75, 3.05) is 13.2 Å². The van der Waals surface area contributed by atoms with Gasteiger partial charge in [0.15, 0.2) is 0 Å². The first-order valence-corrected chi connectivity index (χ1v) is 4.89. The van der Waals surface area contributed by atoms with Gasteiger partial charge >= 0.3 is 0 Å². The molecule has 1 aliphatic heterocycles. The predicted molar refractivity (Wildman–Crippen MR) is 52.6 cm³/mol. The zero-order chi connectivity index (χ0) is 9.97. The van der Waals surface area contributed by atoms with Gasteiger partial charge in [-0.05, 0) is 30.0 Å². The summed E-state index contributed by atoms with van der Waals surface area (Å²) in [6, 6.07) is 6.87. The Morgan fingerprint density at radius 2 is 2.36 bits per heavy atom. The third-order valence-corrected chi connectivity index (χ3v) is 2.76. The van der Waals surface area contributed by atoms with Crippen molar-refractivity contribution >= 4 is 0 Å². The van der Waals surface area contributed by atoms with Crippen LogP contribution in [0.4, 0.5) is 4.39 Å². The number of hydrogen-bond donors (Lipinski definition) is 2. The molecule has 0 aromatic heterocycles. The maximum Gasteiger partial charge on any atom is 0.123 e. The largest absolute Gasteiger partial charge is 0.395 e. The third kappa shape index (κ3) is 1.94. The molecule has 2 N–H and O–H groups in total. The van der Waals surface area contributed by atoms with Gasteiger partial charge < -0.3 is 10.4 Å². The number of halogens is 1. The molecule has 2 nitrogen and oxygen atoms in total. The molecule has 1 saturated heterocycles. The topological polar surface area (TPSA) is 32.3 Å². The van der Waals surface area contributed by atoms with Crippen LogP contribution in [-0.2, 0) is 0 Å². The van der Waals surface area contributed by atoms with Gasteiger partial charge in [0.1, 0.15) is 5.82 Å². The van der Waals surface area contributed by atoms with E-state index >= 15 is 0 Å². The van der Waals surface area contributed by atoms with Crippen molar-refractivity contribution in [1.29, 1.82) is 0 Å². The molecule has 76 valence electrons. The van der Waals surface area contributed by atoms with Crippen LogP contribution in [0.1, 0.15) is 17.9 Å². The number of aliphatic hydroxyl groups is 1. The van der Waals surface area contributed by atoms with Crippen molar-refractivity contribution in [3.05, 3.63) is 35.6 Å². The van der Waals surface area contributed by atoms with Crippen LogP contribution in [-0.4, -0.2) is 24.3 Å². The fourth-order valence-electron chi connectivity index (χ4n) is 1.97. The standard InChI is InChI=1S/C11H14FNO/c12-10-3-1-2-8(4-10)9-5-11(7-14)13-6-9/h1-4,9,11,13-14H,5-7H2. The Kier molecular flexibility index (Phi) is 2.79. The average Bonchev–Trinajstić information content (AvgIpc) is 2.66. The zero-order valence-corrected chi connectivity index (χ0v) is 7.91. The van der Waals surface area contributed by atoms with Crippen LogP contribution in [0.3, 0.4) is 0 Å². The highest BCUT2D eigenvalue weighted by Gasteiger charge is 2.24. The molecule has 1 aliphatic rings. The van der Waals surface area contributed by atoms with E-state index in [1.165, 1.54) is 6.07 Å². The quantitative estimate of drug-likeness (QED) is 0.744. The minimum atomic E-state index is -0.185. The molecule has 14 heavy (non-hydrogen) atoms. The summed E-state index contributed by atoms with van der Waals surface area (Å²) in [6.45, 7) is 0.987. The van der Waals surface area contributed by atoms with E-state index in [0.29, 0.717) is 5.92 Å². The van der Waals surface area contributed by atoms with E-state index in [4.69, 9.17) is 5.11 Å². The normalized spacial score (nSPS) is 26.7. The highest BCUT2D eigenvalue weighted by atomic mass is 19.1. The van der Waals surface area contributed by atoms with Gasteiger partial charge in [-0.15, -0.1) is 0 Å². The van der Waals surface area contributed by atoms with Crippen molar-refractivity contribution in [2.45, 2.75) is 18.4 Å². The second kappa shape index (κ2) is 4.07. The lowest BCUT2D eigenvalue weighted by atomic mass is 9.96. The summed E-state index contributed by atoms with van der Waals surface area (Å²) in [5.41, 5.74) is 1.02. The molecule has 2 unspecified atom stereocenters. The molecule has 0 radical (unpaired) electrons. The molecular formula is C11H14FNO. The second-order valence-corrected chi connectivity index (χ2v) is 3.78. The number of rotatable bonds is 2. The molecule has 0 aliphatic carbocycles. The number of aliphatic hydroxyl groups excluding tert-OH is 1. The molecule has 0 amide bonds. The molecule has 1 aromatic carbocycles. The van der Waals surface area contributed by atoms with Crippen molar-refractivity contribution in [2.24, 2.45) is 0 Å². The fourth-order valence-corrected chi connectivity index (χ4v) is 1.97. The first-order chi connectivity index (χ1) is 6.79. The minimum absolute atomic E-state index is 0.159. The summed E-state index contributed by atoms with van der Waals surface area (Å²) >= 11 is 0. The van der Waals surface area contributed by atoms with Crippen LogP contribution in [0.5, 0.6) is 0 Å². The van der Waals surface area contributed by atoms with Crippen LogP contribution in [0.25, 0.3) is 0 Å². The molecule has 0 bridgehead atoms. The summed E-state index contributed by atoms with van der Waals surface area (Å²) in [6.07, 6.45) is 0.889. The predicted octanol–water partition coefficient (Wildman–Crippen LogP) is 1.26. The van der Waals surface area contributed by atoms with Crippen molar-refractivity contribution in [3.63, 3.8) is 0 Å². The Bertz CT molecular complexity index is 316. The molecule has 0 saturated carbocycles. The van der Waals surface area contributed by atoms with Crippen LogP contribution in [0.15, 0.2) is 24.3 Å². The van der Waals surface area contributed by atoms with Crippen LogP contribution < -0.4 is 5.32 Å². The van der Waals surface area contributed by atoms with E-state index in [1.807, 2.05) is 6.07 Å². The Balaban J connectivity index is 2.09. The monoisotopic (exact) mass is 195 g/mol. The van der Waals surface area contributed by atoms with E-state index in [2.05, 4.69) is 5.32 Å². The average molecular weight is 195 g/mol. The van der Waals surface area contributed by atoms with Gasteiger partial charge in [0.2, 0.25) is 0 Å². The summed E-state index contributed by atoms with van der Waals surface area (Å²) in [5, 5.41) is 12.2. The molecule has 1 heterocycles. The number of nitrogens with one attached hydrogen (secondary N) is 1. The SMILES string of the molecule is OCC1CC(c2cccc(F)c2)CN1. The first-order valence-electron chi connectivity index (χ1n) is 4.89. The molecule has 0 spiro atoms. The van der Waals surface area contributed by atoms with Gasteiger partial charge in [-0.1, -0.05) is 12.1 Å². The van der Waals surface area contributed by atoms with Crippen LogP contribution in [0.2, 0.25) is 0 Å². The van der Waals surface area contributed by atoms with Gasteiger partial charge in [0, 0.05) is 12.6 Å². The summed E-state index contributed by atoms with van der Waals surface area (Å²) in [5.74, 6) is 0.151. The maximum absolute atomic E-state index is 12.9.